The van der Waals surface area contributed by atoms with E-state index in [-0.39, 0.29) is 17.6 Å². The Morgan fingerprint density at radius 2 is 1.94 bits per heavy atom. The van der Waals surface area contributed by atoms with Crippen molar-refractivity contribution >= 4 is 23.1 Å². The number of benzene rings is 1. The number of thiocarbonyl (C=S) groups is 1. The van der Waals surface area contributed by atoms with Crippen LogP contribution in [0.25, 0.3) is 0 Å². The minimum absolute atomic E-state index is 0.0377. The van der Waals surface area contributed by atoms with Gasteiger partial charge in [0, 0.05) is 11.3 Å². The van der Waals surface area contributed by atoms with Crippen LogP contribution < -0.4 is 10.6 Å². The summed E-state index contributed by atoms with van der Waals surface area (Å²) in [4.78, 5) is 11.7. The quantitative estimate of drug-likeness (QED) is 0.804. The maximum atomic E-state index is 12.9. The number of hydrogen-bond acceptors (Lipinski definition) is 2. The van der Waals surface area contributed by atoms with Crippen LogP contribution in [0.5, 0.6) is 0 Å². The fourth-order valence-corrected chi connectivity index (χ4v) is 2.34. The highest BCUT2D eigenvalue weighted by molar-refractivity contribution is 7.80. The maximum Gasteiger partial charge on any atom is 0.171 e. The van der Waals surface area contributed by atoms with Gasteiger partial charge in [0.05, 0.1) is 6.04 Å². The molecule has 1 aromatic carbocycles. The molecule has 0 aliphatic carbocycles. The monoisotopic (exact) mass is 264 g/mol. The van der Waals surface area contributed by atoms with Crippen LogP contribution in [0.1, 0.15) is 25.5 Å². The van der Waals surface area contributed by atoms with E-state index in [9.17, 15) is 9.18 Å². The first-order valence-electron chi connectivity index (χ1n) is 5.53. The predicted octanol–water partition coefficient (Wildman–Crippen LogP) is 2.21. The summed E-state index contributed by atoms with van der Waals surface area (Å²) in [5.74, 6) is -0.343. The molecule has 0 spiro atoms. The second kappa shape index (κ2) is 4.86. The summed E-state index contributed by atoms with van der Waals surface area (Å²) in [5.41, 5.74) is 2.17. The first-order chi connectivity index (χ1) is 8.49. The predicted molar refractivity (Wildman–Crippen MR) is 71.4 cm³/mol. The van der Waals surface area contributed by atoms with Crippen molar-refractivity contribution in [3.05, 3.63) is 46.9 Å². The number of rotatable bonds is 2. The average Bonchev–Trinajstić information content (AvgIpc) is 2.28. The van der Waals surface area contributed by atoms with Gasteiger partial charge < -0.3 is 10.6 Å². The third-order valence-electron chi connectivity index (χ3n) is 2.85. The molecule has 0 saturated heterocycles. The zero-order valence-electron chi connectivity index (χ0n) is 10.1. The minimum atomic E-state index is -0.322. The number of carbonyl (C=O) groups excluding carboxylic acids is 1. The van der Waals surface area contributed by atoms with Crippen LogP contribution >= 0.6 is 12.2 Å². The van der Waals surface area contributed by atoms with Crippen LogP contribution in [0.3, 0.4) is 0 Å². The van der Waals surface area contributed by atoms with Gasteiger partial charge in [-0.15, -0.1) is 0 Å². The van der Waals surface area contributed by atoms with Gasteiger partial charge in [0.15, 0.2) is 10.9 Å². The highest BCUT2D eigenvalue weighted by Gasteiger charge is 2.27. The smallest absolute Gasteiger partial charge is 0.171 e. The molecule has 0 amide bonds. The van der Waals surface area contributed by atoms with E-state index in [1.165, 1.54) is 19.1 Å². The topological polar surface area (TPSA) is 41.1 Å². The van der Waals surface area contributed by atoms with Gasteiger partial charge in [-0.1, -0.05) is 12.1 Å². The van der Waals surface area contributed by atoms with Gasteiger partial charge in [-0.2, -0.15) is 0 Å². The van der Waals surface area contributed by atoms with Crippen LogP contribution in [0.4, 0.5) is 4.39 Å². The Kier molecular flexibility index (Phi) is 3.43. The lowest BCUT2D eigenvalue weighted by Gasteiger charge is -2.29. The van der Waals surface area contributed by atoms with E-state index >= 15 is 0 Å². The zero-order valence-corrected chi connectivity index (χ0v) is 10.9. The van der Waals surface area contributed by atoms with Crippen molar-refractivity contribution < 1.29 is 9.18 Å². The SMILES string of the molecule is CC(=O)C1=C(C)NC(=S)N[C@@H]1c1ccc(F)cc1. The van der Waals surface area contributed by atoms with Crippen molar-refractivity contribution in [3.8, 4) is 0 Å². The normalized spacial score (nSPS) is 19.3. The van der Waals surface area contributed by atoms with Gasteiger partial charge in [-0.3, -0.25) is 4.79 Å². The Balaban J connectivity index is 2.46. The summed E-state index contributed by atoms with van der Waals surface area (Å²) in [7, 11) is 0. The number of halogens is 1. The second-order valence-corrected chi connectivity index (χ2v) is 4.59. The number of nitrogens with one attached hydrogen (secondary N) is 2. The van der Waals surface area contributed by atoms with E-state index in [0.29, 0.717) is 10.7 Å². The maximum absolute atomic E-state index is 12.9. The molecular weight excluding hydrogens is 251 g/mol. The number of ketones is 1. The van der Waals surface area contributed by atoms with Gasteiger partial charge in [-0.05, 0) is 43.8 Å². The first-order valence-corrected chi connectivity index (χ1v) is 5.94. The van der Waals surface area contributed by atoms with Crippen molar-refractivity contribution in [2.75, 3.05) is 0 Å². The van der Waals surface area contributed by atoms with Crippen molar-refractivity contribution in [2.45, 2.75) is 19.9 Å². The molecule has 0 radical (unpaired) electrons. The van der Waals surface area contributed by atoms with Crippen LogP contribution in [-0.2, 0) is 4.79 Å². The molecule has 0 unspecified atom stereocenters. The highest BCUT2D eigenvalue weighted by Crippen LogP contribution is 2.27. The van der Waals surface area contributed by atoms with Gasteiger partial charge >= 0.3 is 0 Å². The Hall–Kier alpha value is -1.75. The Morgan fingerprint density at radius 3 is 2.50 bits per heavy atom. The fourth-order valence-electron chi connectivity index (χ4n) is 2.07. The lowest BCUT2D eigenvalue weighted by molar-refractivity contribution is -0.114. The minimum Gasteiger partial charge on any atom is -0.351 e. The largest absolute Gasteiger partial charge is 0.351 e. The summed E-state index contributed by atoms with van der Waals surface area (Å²) in [6, 6.07) is 5.72. The molecule has 1 heterocycles. The number of Topliss-reactive ketones (excluding diaryl/α,β-unsaturated/α-hetero) is 1. The molecule has 0 saturated carbocycles. The van der Waals surface area contributed by atoms with E-state index in [1.54, 1.807) is 19.1 Å². The molecule has 1 aliphatic heterocycles. The number of hydrogen-bond donors (Lipinski definition) is 2. The fraction of sp³-hybridized carbons (Fsp3) is 0.231. The zero-order chi connectivity index (χ0) is 13.3. The van der Waals surface area contributed by atoms with Crippen LogP contribution in [0.15, 0.2) is 35.5 Å². The lowest BCUT2D eigenvalue weighted by Crippen LogP contribution is -2.44. The molecule has 0 bridgehead atoms. The first kappa shape index (κ1) is 12.7. The van der Waals surface area contributed by atoms with E-state index in [0.717, 1.165) is 11.3 Å². The van der Waals surface area contributed by atoms with E-state index in [2.05, 4.69) is 10.6 Å². The standard InChI is InChI=1S/C13H13FN2OS/c1-7-11(8(2)17)12(16-13(18)15-7)9-3-5-10(14)6-4-9/h3-6,12H,1-2H3,(H2,15,16,18)/t12-/m1/s1. The van der Waals surface area contributed by atoms with Gasteiger partial charge in [-0.25, -0.2) is 4.39 Å². The summed E-state index contributed by atoms with van der Waals surface area (Å²) in [6.07, 6.45) is 0. The highest BCUT2D eigenvalue weighted by atomic mass is 32.1. The van der Waals surface area contributed by atoms with E-state index < -0.39 is 0 Å². The van der Waals surface area contributed by atoms with Gasteiger partial charge in [0.2, 0.25) is 0 Å². The van der Waals surface area contributed by atoms with Crippen LogP contribution in [0.2, 0.25) is 0 Å². The third kappa shape index (κ3) is 2.41. The molecule has 1 atom stereocenters. The molecule has 2 rings (SSSR count). The summed E-state index contributed by atoms with van der Waals surface area (Å²) in [5, 5.41) is 6.42. The van der Waals surface area contributed by atoms with Crippen molar-refractivity contribution in [1.82, 2.24) is 10.6 Å². The molecule has 5 heteroatoms. The summed E-state index contributed by atoms with van der Waals surface area (Å²) >= 11 is 5.08. The average molecular weight is 264 g/mol. The van der Waals surface area contributed by atoms with E-state index in [1.807, 2.05) is 0 Å². The molecule has 3 nitrogen and oxygen atoms in total. The molecule has 0 fully saturated rings. The lowest BCUT2D eigenvalue weighted by atomic mass is 9.93. The molecule has 1 aliphatic rings. The van der Waals surface area contributed by atoms with Crippen molar-refractivity contribution in [2.24, 2.45) is 0 Å². The molecule has 94 valence electrons. The summed E-state index contributed by atoms with van der Waals surface area (Å²) in [6.45, 7) is 3.31. The third-order valence-corrected chi connectivity index (χ3v) is 3.07. The molecular formula is C13H13FN2OS. The van der Waals surface area contributed by atoms with Crippen molar-refractivity contribution in [3.63, 3.8) is 0 Å². The van der Waals surface area contributed by atoms with Crippen LogP contribution in [0, 0.1) is 5.82 Å². The molecule has 2 N–H and O–H groups in total. The Morgan fingerprint density at radius 1 is 1.33 bits per heavy atom. The molecule has 1 aromatic rings. The van der Waals surface area contributed by atoms with Crippen LogP contribution in [-0.4, -0.2) is 10.9 Å². The van der Waals surface area contributed by atoms with Gasteiger partial charge in [0.25, 0.3) is 0 Å². The van der Waals surface area contributed by atoms with Gasteiger partial charge in [0.1, 0.15) is 5.82 Å². The summed E-state index contributed by atoms with van der Waals surface area (Å²) < 4.78 is 12.9. The Labute approximate surface area is 110 Å². The molecule has 18 heavy (non-hydrogen) atoms. The second-order valence-electron chi connectivity index (χ2n) is 4.18. The molecule has 0 aromatic heterocycles. The number of allylic oxidation sites excluding steroid dienone is 1. The Bertz CT molecular complexity index is 536. The van der Waals surface area contributed by atoms with Crippen molar-refractivity contribution in [1.29, 1.82) is 0 Å². The van der Waals surface area contributed by atoms with E-state index in [4.69, 9.17) is 12.2 Å². The number of carbonyl (C=O) groups is 1.